The lowest BCUT2D eigenvalue weighted by Crippen LogP contribution is -2.44. The van der Waals surface area contributed by atoms with Crippen LogP contribution in [0.2, 0.25) is 0 Å². The van der Waals surface area contributed by atoms with Crippen molar-refractivity contribution in [1.82, 2.24) is 15.1 Å². The van der Waals surface area contributed by atoms with Crippen LogP contribution >= 0.6 is 0 Å². The zero-order valence-electron chi connectivity index (χ0n) is 15.8. The first-order valence-corrected chi connectivity index (χ1v) is 9.50. The summed E-state index contributed by atoms with van der Waals surface area (Å²) in [5.41, 5.74) is 3.46. The Kier molecular flexibility index (Phi) is 6.09. The van der Waals surface area contributed by atoms with Gasteiger partial charge in [-0.05, 0) is 44.7 Å². The molecular weight excluding hydrogens is 326 g/mol. The Morgan fingerprint density at radius 1 is 1.23 bits per heavy atom. The number of nitrogens with one attached hydrogen (secondary N) is 1. The maximum Gasteiger partial charge on any atom is 0.220 e. The fourth-order valence-corrected chi connectivity index (χ4v) is 3.77. The van der Waals surface area contributed by atoms with E-state index in [1.807, 2.05) is 17.7 Å². The highest BCUT2D eigenvalue weighted by Crippen LogP contribution is 2.34. The number of ether oxygens (including phenoxy) is 1. The number of aromatic nitrogens is 2. The number of nitrogens with zero attached hydrogens (tertiary/aromatic N) is 2. The number of aryl methyl sites for hydroxylation is 3. The number of benzene rings is 1. The first kappa shape index (κ1) is 18.6. The van der Waals surface area contributed by atoms with Crippen molar-refractivity contribution in [2.75, 3.05) is 19.8 Å². The fourth-order valence-electron chi connectivity index (χ4n) is 3.77. The van der Waals surface area contributed by atoms with Crippen LogP contribution in [-0.2, 0) is 21.5 Å². The molecule has 3 rings (SSSR count). The monoisotopic (exact) mass is 355 g/mol. The zero-order valence-corrected chi connectivity index (χ0v) is 15.8. The maximum atomic E-state index is 12.4. The van der Waals surface area contributed by atoms with E-state index in [1.165, 1.54) is 5.56 Å². The number of hydrogen-bond donors (Lipinski definition) is 1. The van der Waals surface area contributed by atoms with Crippen molar-refractivity contribution in [1.29, 1.82) is 0 Å². The minimum atomic E-state index is -0.00907. The minimum Gasteiger partial charge on any atom is -0.381 e. The Labute approximate surface area is 155 Å². The first-order valence-electron chi connectivity index (χ1n) is 9.50. The van der Waals surface area contributed by atoms with Crippen molar-refractivity contribution in [3.63, 3.8) is 0 Å². The van der Waals surface area contributed by atoms with E-state index >= 15 is 0 Å². The molecule has 1 N–H and O–H groups in total. The second-order valence-corrected chi connectivity index (χ2v) is 7.29. The molecule has 1 aromatic heterocycles. The summed E-state index contributed by atoms with van der Waals surface area (Å²) in [6.07, 6.45) is 3.22. The lowest BCUT2D eigenvalue weighted by atomic mass is 9.74. The van der Waals surface area contributed by atoms with Gasteiger partial charge in [0.2, 0.25) is 5.91 Å². The standard InChI is InChI=1S/C21H29N3O2/c1-17-15-18(2)24(23-17)12-6-9-20(25)22-16-21(10-13-26-14-11-21)19-7-4-3-5-8-19/h3-5,7-8,15H,6,9-14,16H2,1-2H3,(H,22,25). The molecule has 26 heavy (non-hydrogen) atoms. The average Bonchev–Trinajstić information content (AvgIpc) is 2.99. The third-order valence-corrected chi connectivity index (χ3v) is 5.34. The summed E-state index contributed by atoms with van der Waals surface area (Å²) in [4.78, 5) is 12.4. The average molecular weight is 355 g/mol. The van der Waals surface area contributed by atoms with E-state index in [4.69, 9.17) is 4.74 Å². The maximum absolute atomic E-state index is 12.4. The minimum absolute atomic E-state index is 0.00907. The summed E-state index contributed by atoms with van der Waals surface area (Å²) in [7, 11) is 0. The third kappa shape index (κ3) is 4.52. The normalized spacial score (nSPS) is 16.4. The van der Waals surface area contributed by atoms with Crippen LogP contribution in [0, 0.1) is 13.8 Å². The Morgan fingerprint density at radius 3 is 2.62 bits per heavy atom. The number of rotatable bonds is 7. The van der Waals surface area contributed by atoms with E-state index in [9.17, 15) is 4.79 Å². The largest absolute Gasteiger partial charge is 0.381 e. The molecule has 1 amide bonds. The first-order chi connectivity index (χ1) is 12.6. The lowest BCUT2D eigenvalue weighted by molar-refractivity contribution is -0.121. The Bertz CT molecular complexity index is 718. The summed E-state index contributed by atoms with van der Waals surface area (Å²) in [5, 5.41) is 7.62. The highest BCUT2D eigenvalue weighted by Gasteiger charge is 2.34. The smallest absolute Gasteiger partial charge is 0.220 e. The fraction of sp³-hybridized carbons (Fsp3) is 0.524. The molecule has 1 fully saturated rings. The molecule has 5 nitrogen and oxygen atoms in total. The second-order valence-electron chi connectivity index (χ2n) is 7.29. The van der Waals surface area contributed by atoms with Gasteiger partial charge in [0.15, 0.2) is 0 Å². The zero-order chi connectivity index (χ0) is 18.4. The van der Waals surface area contributed by atoms with Gasteiger partial charge in [0, 0.05) is 43.8 Å². The van der Waals surface area contributed by atoms with Crippen LogP contribution in [0.5, 0.6) is 0 Å². The van der Waals surface area contributed by atoms with Crippen LogP contribution in [-0.4, -0.2) is 35.4 Å². The molecule has 0 unspecified atom stereocenters. The van der Waals surface area contributed by atoms with E-state index in [0.717, 1.165) is 50.4 Å². The lowest BCUT2D eigenvalue weighted by Gasteiger charge is -2.38. The molecule has 0 bridgehead atoms. The van der Waals surface area contributed by atoms with Gasteiger partial charge in [-0.2, -0.15) is 5.10 Å². The van der Waals surface area contributed by atoms with E-state index in [2.05, 4.69) is 47.7 Å². The predicted molar refractivity (Wildman–Crippen MR) is 102 cm³/mol. The van der Waals surface area contributed by atoms with Crippen molar-refractivity contribution < 1.29 is 9.53 Å². The van der Waals surface area contributed by atoms with Crippen LogP contribution in [0.1, 0.15) is 42.6 Å². The SMILES string of the molecule is Cc1cc(C)n(CCCC(=O)NCC2(c3ccccc3)CCOCC2)n1. The predicted octanol–water partition coefficient (Wildman–Crippen LogP) is 3.14. The van der Waals surface area contributed by atoms with Crippen molar-refractivity contribution in [2.45, 2.75) is 51.5 Å². The molecular formula is C21H29N3O2. The second kappa shape index (κ2) is 8.49. The molecule has 1 saturated heterocycles. The number of amides is 1. The van der Waals surface area contributed by atoms with Crippen molar-refractivity contribution in [3.8, 4) is 0 Å². The van der Waals surface area contributed by atoms with Crippen molar-refractivity contribution in [2.24, 2.45) is 0 Å². The van der Waals surface area contributed by atoms with Crippen LogP contribution in [0.4, 0.5) is 0 Å². The molecule has 2 heterocycles. The Morgan fingerprint density at radius 2 is 1.96 bits per heavy atom. The summed E-state index contributed by atoms with van der Waals surface area (Å²) in [6, 6.07) is 12.6. The van der Waals surface area contributed by atoms with Crippen LogP contribution in [0.25, 0.3) is 0 Å². The Hall–Kier alpha value is -2.14. The van der Waals surface area contributed by atoms with Gasteiger partial charge < -0.3 is 10.1 Å². The number of hydrogen-bond acceptors (Lipinski definition) is 3. The summed E-state index contributed by atoms with van der Waals surface area (Å²) in [5.74, 6) is 0.119. The van der Waals surface area contributed by atoms with Gasteiger partial charge in [-0.3, -0.25) is 9.48 Å². The van der Waals surface area contributed by atoms with Gasteiger partial charge in [-0.1, -0.05) is 30.3 Å². The molecule has 0 atom stereocenters. The van der Waals surface area contributed by atoms with E-state index in [0.29, 0.717) is 13.0 Å². The van der Waals surface area contributed by atoms with Crippen molar-refractivity contribution in [3.05, 3.63) is 53.3 Å². The highest BCUT2D eigenvalue weighted by atomic mass is 16.5. The molecule has 140 valence electrons. The number of carbonyl (C=O) groups excluding carboxylic acids is 1. The van der Waals surface area contributed by atoms with Crippen molar-refractivity contribution >= 4 is 5.91 Å². The highest BCUT2D eigenvalue weighted by molar-refractivity contribution is 5.76. The van der Waals surface area contributed by atoms with E-state index in [1.54, 1.807) is 0 Å². The molecule has 0 radical (unpaired) electrons. The van der Waals surface area contributed by atoms with Gasteiger partial charge in [0.25, 0.3) is 0 Å². The van der Waals surface area contributed by atoms with Gasteiger partial charge >= 0.3 is 0 Å². The third-order valence-electron chi connectivity index (χ3n) is 5.34. The summed E-state index contributed by atoms with van der Waals surface area (Å²) in [6.45, 7) is 7.01. The quantitative estimate of drug-likeness (QED) is 0.830. The summed E-state index contributed by atoms with van der Waals surface area (Å²) < 4.78 is 7.54. The number of carbonyl (C=O) groups is 1. The van der Waals surface area contributed by atoms with Gasteiger partial charge in [-0.15, -0.1) is 0 Å². The molecule has 2 aromatic rings. The van der Waals surface area contributed by atoms with Gasteiger partial charge in [-0.25, -0.2) is 0 Å². The van der Waals surface area contributed by atoms with Crippen LogP contribution in [0.15, 0.2) is 36.4 Å². The molecule has 0 aliphatic carbocycles. The molecule has 0 spiro atoms. The molecule has 1 aromatic carbocycles. The van der Waals surface area contributed by atoms with E-state index < -0.39 is 0 Å². The Balaban J connectivity index is 1.52. The molecule has 1 aliphatic rings. The summed E-state index contributed by atoms with van der Waals surface area (Å²) >= 11 is 0. The van der Waals surface area contributed by atoms with Crippen LogP contribution < -0.4 is 5.32 Å². The van der Waals surface area contributed by atoms with E-state index in [-0.39, 0.29) is 11.3 Å². The van der Waals surface area contributed by atoms with Gasteiger partial charge in [0.1, 0.15) is 0 Å². The topological polar surface area (TPSA) is 56.2 Å². The molecule has 0 saturated carbocycles. The molecule has 1 aliphatic heterocycles. The molecule has 5 heteroatoms. The van der Waals surface area contributed by atoms with Gasteiger partial charge in [0.05, 0.1) is 5.69 Å². The van der Waals surface area contributed by atoms with Crippen LogP contribution in [0.3, 0.4) is 0 Å².